The van der Waals surface area contributed by atoms with Crippen molar-refractivity contribution in [2.24, 2.45) is 0 Å². The number of carbonyl (C=O) groups is 1. The van der Waals surface area contributed by atoms with Crippen LogP contribution in [-0.2, 0) is 4.79 Å². The number of amides is 1. The molecule has 2 fully saturated rings. The number of aromatic nitrogens is 2. The largest absolute Gasteiger partial charge is 0.355 e. The van der Waals surface area contributed by atoms with E-state index in [1.165, 1.54) is 0 Å². The molecule has 1 amide bonds. The molecule has 3 rings (SSSR count). The molecule has 6 nitrogen and oxygen atoms in total. The summed E-state index contributed by atoms with van der Waals surface area (Å²) in [6.07, 6.45) is 1.71. The monoisotopic (exact) mass is 303 g/mol. The average molecular weight is 303 g/mol. The number of hydrogen-bond donors (Lipinski definition) is 0. The lowest BCUT2D eigenvalue weighted by molar-refractivity contribution is -0.151. The third kappa shape index (κ3) is 2.45. The van der Waals surface area contributed by atoms with Crippen molar-refractivity contribution in [2.75, 3.05) is 44.7 Å². The van der Waals surface area contributed by atoms with Crippen molar-refractivity contribution in [3.8, 4) is 0 Å². The van der Waals surface area contributed by atoms with Gasteiger partial charge in [0.25, 0.3) is 0 Å². The minimum absolute atomic E-state index is 0.304. The van der Waals surface area contributed by atoms with E-state index in [2.05, 4.69) is 34.0 Å². The Labute approximate surface area is 132 Å². The van der Waals surface area contributed by atoms with E-state index in [9.17, 15) is 4.79 Å². The van der Waals surface area contributed by atoms with Gasteiger partial charge in [0, 0.05) is 32.7 Å². The van der Waals surface area contributed by atoms with Gasteiger partial charge in [0.15, 0.2) is 5.82 Å². The predicted octanol–water partition coefficient (Wildman–Crippen LogP) is 0.918. The molecule has 1 aromatic rings. The van der Waals surface area contributed by atoms with Gasteiger partial charge < -0.3 is 9.80 Å². The summed E-state index contributed by atoms with van der Waals surface area (Å²) in [4.78, 5) is 19.4. The lowest BCUT2D eigenvalue weighted by atomic mass is 9.83. The first-order chi connectivity index (χ1) is 10.6. The lowest BCUT2D eigenvalue weighted by Gasteiger charge is -2.51. The fourth-order valence-corrected chi connectivity index (χ4v) is 3.61. The molecule has 2 saturated heterocycles. The maximum Gasteiger partial charge on any atom is 0.243 e. The summed E-state index contributed by atoms with van der Waals surface area (Å²) in [7, 11) is 2.09. The van der Waals surface area contributed by atoms with E-state index >= 15 is 0 Å². The van der Waals surface area contributed by atoms with Crippen LogP contribution in [0.2, 0.25) is 0 Å². The van der Waals surface area contributed by atoms with Crippen LogP contribution >= 0.6 is 0 Å². The van der Waals surface area contributed by atoms with Gasteiger partial charge >= 0.3 is 0 Å². The van der Waals surface area contributed by atoms with Crippen molar-refractivity contribution in [3.05, 3.63) is 17.8 Å². The van der Waals surface area contributed by atoms with Crippen molar-refractivity contribution in [1.29, 1.82) is 0 Å². The Morgan fingerprint density at radius 2 is 1.86 bits per heavy atom. The summed E-state index contributed by atoms with van der Waals surface area (Å²) in [6.45, 7) is 8.33. The molecule has 2 aliphatic rings. The molecule has 0 aliphatic carbocycles. The number of likely N-dealkylation sites (N-methyl/N-ethyl adjacent to an activating group) is 2. The molecule has 3 heterocycles. The first-order valence-electron chi connectivity index (χ1n) is 8.13. The summed E-state index contributed by atoms with van der Waals surface area (Å²) in [6, 6.07) is 4.01. The van der Waals surface area contributed by atoms with Crippen LogP contribution in [0.5, 0.6) is 0 Å². The SMILES string of the molecule is CCN1CCN(C)C2(CCN(c3ccc(C)nn3)CC2)C1=O. The predicted molar refractivity (Wildman–Crippen MR) is 85.8 cm³/mol. The van der Waals surface area contributed by atoms with Crippen LogP contribution in [0.1, 0.15) is 25.5 Å². The van der Waals surface area contributed by atoms with E-state index < -0.39 is 0 Å². The van der Waals surface area contributed by atoms with E-state index in [0.29, 0.717) is 5.91 Å². The quantitative estimate of drug-likeness (QED) is 0.813. The number of rotatable bonds is 2. The van der Waals surface area contributed by atoms with Crippen LogP contribution in [0.3, 0.4) is 0 Å². The Hall–Kier alpha value is -1.69. The molecular formula is C16H25N5O. The maximum absolute atomic E-state index is 12.9. The summed E-state index contributed by atoms with van der Waals surface area (Å²) in [5.74, 6) is 1.22. The summed E-state index contributed by atoms with van der Waals surface area (Å²) >= 11 is 0. The van der Waals surface area contributed by atoms with Crippen LogP contribution in [0.25, 0.3) is 0 Å². The van der Waals surface area contributed by atoms with Gasteiger partial charge in [0.05, 0.1) is 5.69 Å². The van der Waals surface area contributed by atoms with Crippen LogP contribution in [-0.4, -0.2) is 71.2 Å². The topological polar surface area (TPSA) is 52.6 Å². The van der Waals surface area contributed by atoms with Crippen molar-refractivity contribution in [1.82, 2.24) is 20.0 Å². The highest BCUT2D eigenvalue weighted by Gasteiger charge is 2.48. The van der Waals surface area contributed by atoms with Crippen LogP contribution in [0.15, 0.2) is 12.1 Å². The second-order valence-corrected chi connectivity index (χ2v) is 6.36. The average Bonchev–Trinajstić information content (AvgIpc) is 2.55. The number of aryl methyl sites for hydroxylation is 1. The standard InChI is InChI=1S/C16H25N5O/c1-4-20-12-11-19(3)16(15(20)22)7-9-21(10-8-16)14-6-5-13(2)17-18-14/h5-6H,4,7-12H2,1-3H3. The van der Waals surface area contributed by atoms with E-state index in [4.69, 9.17) is 0 Å². The molecule has 0 saturated carbocycles. The van der Waals surface area contributed by atoms with E-state index in [1.807, 2.05) is 24.0 Å². The third-order valence-corrected chi connectivity index (χ3v) is 5.20. The van der Waals surface area contributed by atoms with Crippen molar-refractivity contribution < 1.29 is 4.79 Å². The van der Waals surface area contributed by atoms with Crippen molar-refractivity contribution >= 4 is 11.7 Å². The maximum atomic E-state index is 12.9. The van der Waals surface area contributed by atoms with Gasteiger partial charge in [0.2, 0.25) is 5.91 Å². The highest BCUT2D eigenvalue weighted by atomic mass is 16.2. The van der Waals surface area contributed by atoms with Crippen LogP contribution < -0.4 is 4.90 Å². The first-order valence-corrected chi connectivity index (χ1v) is 8.13. The molecule has 0 unspecified atom stereocenters. The smallest absolute Gasteiger partial charge is 0.243 e. The van der Waals surface area contributed by atoms with Crippen molar-refractivity contribution in [3.63, 3.8) is 0 Å². The van der Waals surface area contributed by atoms with Gasteiger partial charge in [-0.3, -0.25) is 9.69 Å². The van der Waals surface area contributed by atoms with Gasteiger partial charge in [-0.1, -0.05) is 0 Å². The molecule has 6 heteroatoms. The van der Waals surface area contributed by atoms with Crippen LogP contribution in [0.4, 0.5) is 5.82 Å². The summed E-state index contributed by atoms with van der Waals surface area (Å²) < 4.78 is 0. The summed E-state index contributed by atoms with van der Waals surface area (Å²) in [5.41, 5.74) is 0.612. The normalized spacial score (nSPS) is 22.4. The first kappa shape index (κ1) is 15.2. The second-order valence-electron chi connectivity index (χ2n) is 6.36. The molecule has 2 aliphatic heterocycles. The van der Waals surface area contributed by atoms with Gasteiger partial charge in [0.1, 0.15) is 5.54 Å². The van der Waals surface area contributed by atoms with Crippen molar-refractivity contribution in [2.45, 2.75) is 32.2 Å². The number of piperidine rings is 1. The molecule has 1 spiro atoms. The zero-order valence-electron chi connectivity index (χ0n) is 13.7. The van der Waals surface area contributed by atoms with Gasteiger partial charge in [-0.15, -0.1) is 5.10 Å². The van der Waals surface area contributed by atoms with E-state index in [-0.39, 0.29) is 5.54 Å². The fourth-order valence-electron chi connectivity index (χ4n) is 3.61. The molecule has 0 N–H and O–H groups in total. The molecule has 22 heavy (non-hydrogen) atoms. The molecule has 0 aromatic carbocycles. The Morgan fingerprint density at radius 3 is 2.45 bits per heavy atom. The minimum Gasteiger partial charge on any atom is -0.355 e. The Bertz CT molecular complexity index is 536. The number of piperazine rings is 1. The van der Waals surface area contributed by atoms with Gasteiger partial charge in [-0.2, -0.15) is 5.10 Å². The van der Waals surface area contributed by atoms with Crippen LogP contribution in [0, 0.1) is 6.92 Å². The number of carbonyl (C=O) groups excluding carboxylic acids is 1. The molecular weight excluding hydrogens is 278 g/mol. The minimum atomic E-state index is -0.317. The molecule has 1 aromatic heterocycles. The van der Waals surface area contributed by atoms with Gasteiger partial charge in [-0.05, 0) is 45.9 Å². The highest BCUT2D eigenvalue weighted by Crippen LogP contribution is 2.33. The molecule has 120 valence electrons. The zero-order valence-corrected chi connectivity index (χ0v) is 13.7. The number of anilines is 1. The highest BCUT2D eigenvalue weighted by molar-refractivity contribution is 5.87. The Balaban J connectivity index is 1.74. The van der Waals surface area contributed by atoms with E-state index in [0.717, 1.165) is 57.1 Å². The number of hydrogen-bond acceptors (Lipinski definition) is 5. The fraction of sp³-hybridized carbons (Fsp3) is 0.688. The second kappa shape index (κ2) is 5.83. The van der Waals surface area contributed by atoms with E-state index in [1.54, 1.807) is 0 Å². The number of nitrogens with zero attached hydrogens (tertiary/aromatic N) is 5. The Kier molecular flexibility index (Phi) is 4.04. The van der Waals surface area contributed by atoms with Gasteiger partial charge in [-0.25, -0.2) is 0 Å². The lowest BCUT2D eigenvalue weighted by Crippen LogP contribution is -2.67. The third-order valence-electron chi connectivity index (χ3n) is 5.20. The zero-order chi connectivity index (χ0) is 15.7. The Morgan fingerprint density at radius 1 is 1.14 bits per heavy atom. The molecule has 0 bridgehead atoms. The summed E-state index contributed by atoms with van der Waals surface area (Å²) in [5, 5.41) is 8.41. The molecule has 0 atom stereocenters. The molecule has 0 radical (unpaired) electrons.